The van der Waals surface area contributed by atoms with Gasteiger partial charge in [0.2, 0.25) is 5.91 Å². The van der Waals surface area contributed by atoms with Gasteiger partial charge in [-0.25, -0.2) is 9.69 Å². The molecule has 1 saturated heterocycles. The van der Waals surface area contributed by atoms with Gasteiger partial charge in [0.15, 0.2) is 5.71 Å². The largest absolute Gasteiger partial charge is 0.461 e. The maximum atomic E-state index is 12.6. The topological polar surface area (TPSA) is 88.1 Å². The summed E-state index contributed by atoms with van der Waals surface area (Å²) in [5, 5.41) is 3.80. The van der Waals surface area contributed by atoms with E-state index in [-0.39, 0.29) is 12.3 Å². The lowest BCUT2D eigenvalue weighted by atomic mass is 9.99. The third-order valence-electron chi connectivity index (χ3n) is 3.50. The first kappa shape index (κ1) is 14.7. The number of carbonyl (C=O) groups is 3. The van der Waals surface area contributed by atoms with Crippen molar-refractivity contribution in [2.24, 2.45) is 11.0 Å². The zero-order valence-electron chi connectivity index (χ0n) is 11.6. The van der Waals surface area contributed by atoms with Gasteiger partial charge in [-0.1, -0.05) is 12.1 Å². The first-order valence-electron chi connectivity index (χ1n) is 6.68. The molecule has 0 aromatic heterocycles. The fourth-order valence-electron chi connectivity index (χ4n) is 2.53. The van der Waals surface area contributed by atoms with Crippen LogP contribution in [0, 0.1) is 5.92 Å². The molecule has 1 N–H and O–H groups in total. The minimum absolute atomic E-state index is 0.0558. The molecule has 0 bridgehead atoms. The molecule has 0 radical (unpaired) electrons. The molecule has 8 heteroatoms. The van der Waals surface area contributed by atoms with E-state index in [0.717, 1.165) is 4.90 Å². The highest BCUT2D eigenvalue weighted by molar-refractivity contribution is 9.10. The number of rotatable bonds is 3. The Morgan fingerprint density at radius 1 is 1.36 bits per heavy atom. The first-order valence-corrected chi connectivity index (χ1v) is 7.48. The van der Waals surface area contributed by atoms with E-state index in [2.05, 4.69) is 26.5 Å². The van der Waals surface area contributed by atoms with E-state index in [4.69, 9.17) is 4.74 Å². The predicted molar refractivity (Wildman–Crippen MR) is 81.1 cm³/mol. The van der Waals surface area contributed by atoms with Gasteiger partial charge in [0, 0.05) is 4.47 Å². The van der Waals surface area contributed by atoms with Crippen LogP contribution in [-0.4, -0.2) is 36.1 Å². The number of hydrogen-bond acceptors (Lipinski definition) is 6. The smallest absolute Gasteiger partial charge is 0.355 e. The Balaban J connectivity index is 1.95. The minimum Gasteiger partial charge on any atom is -0.461 e. The molecular weight excluding hydrogens is 354 g/mol. The van der Waals surface area contributed by atoms with Gasteiger partial charge in [-0.15, -0.1) is 0 Å². The molecule has 3 rings (SSSR count). The maximum absolute atomic E-state index is 12.6. The lowest BCUT2D eigenvalue weighted by Crippen LogP contribution is -2.36. The number of hydrogen-bond donors (Lipinski definition) is 1. The second-order valence-corrected chi connectivity index (χ2v) is 5.62. The number of halogens is 1. The number of amides is 2. The monoisotopic (exact) mass is 365 g/mol. The summed E-state index contributed by atoms with van der Waals surface area (Å²) in [5.74, 6) is -2.56. The number of ether oxygens (including phenoxy) is 1. The quantitative estimate of drug-likeness (QED) is 0.633. The standard InChI is InChI=1S/C14H12BrN3O4/c1-2-22-14(21)11-9-10(16-17-11)13(20)18(12(9)19)8-6-4-3-5-7(8)15/h3-6,9-10,16H,2H2,1H3/t9-,10-/m0/s1. The molecule has 1 aromatic carbocycles. The number of carbonyl (C=O) groups excluding carboxylic acids is 3. The van der Waals surface area contributed by atoms with E-state index in [1.54, 1.807) is 31.2 Å². The van der Waals surface area contributed by atoms with Crippen molar-refractivity contribution in [3.63, 3.8) is 0 Å². The van der Waals surface area contributed by atoms with Gasteiger partial charge in [-0.2, -0.15) is 5.10 Å². The lowest BCUT2D eigenvalue weighted by Gasteiger charge is -2.17. The minimum atomic E-state index is -0.946. The Hall–Kier alpha value is -2.22. The number of benzene rings is 1. The van der Waals surface area contributed by atoms with E-state index < -0.39 is 29.7 Å². The summed E-state index contributed by atoms with van der Waals surface area (Å²) in [5.41, 5.74) is 2.95. The molecule has 22 heavy (non-hydrogen) atoms. The Labute approximate surface area is 134 Å². The van der Waals surface area contributed by atoms with Crippen molar-refractivity contribution in [1.82, 2.24) is 5.43 Å². The van der Waals surface area contributed by atoms with E-state index in [1.807, 2.05) is 0 Å². The highest BCUT2D eigenvalue weighted by Crippen LogP contribution is 2.34. The number of anilines is 1. The van der Waals surface area contributed by atoms with Crippen molar-refractivity contribution in [3.8, 4) is 0 Å². The normalized spacial score (nSPS) is 23.2. The summed E-state index contributed by atoms with van der Waals surface area (Å²) in [6.45, 7) is 1.83. The molecule has 2 aliphatic heterocycles. The van der Waals surface area contributed by atoms with Crippen molar-refractivity contribution >= 4 is 45.1 Å². The van der Waals surface area contributed by atoms with Gasteiger partial charge in [0.05, 0.1) is 12.3 Å². The van der Waals surface area contributed by atoms with Crippen LogP contribution in [-0.2, 0) is 19.1 Å². The molecule has 114 valence electrons. The summed E-state index contributed by atoms with van der Waals surface area (Å²) in [6.07, 6.45) is 0. The summed E-state index contributed by atoms with van der Waals surface area (Å²) < 4.78 is 5.50. The highest BCUT2D eigenvalue weighted by atomic mass is 79.9. The Morgan fingerprint density at radius 2 is 2.09 bits per heavy atom. The first-order chi connectivity index (χ1) is 10.6. The van der Waals surface area contributed by atoms with Gasteiger partial charge in [-0.05, 0) is 35.0 Å². The van der Waals surface area contributed by atoms with Crippen molar-refractivity contribution in [2.75, 3.05) is 11.5 Å². The van der Waals surface area contributed by atoms with Crippen LogP contribution in [0.3, 0.4) is 0 Å². The van der Waals surface area contributed by atoms with Crippen LogP contribution in [0.4, 0.5) is 5.69 Å². The van der Waals surface area contributed by atoms with Crippen LogP contribution >= 0.6 is 15.9 Å². The number of hydrazone groups is 1. The Bertz CT molecular complexity index is 703. The van der Waals surface area contributed by atoms with Gasteiger partial charge in [0.25, 0.3) is 5.91 Å². The molecule has 7 nitrogen and oxygen atoms in total. The molecule has 2 aliphatic rings. The molecule has 2 atom stereocenters. The second-order valence-electron chi connectivity index (χ2n) is 4.77. The Morgan fingerprint density at radius 3 is 2.77 bits per heavy atom. The van der Waals surface area contributed by atoms with Crippen molar-refractivity contribution < 1.29 is 19.1 Å². The summed E-state index contributed by atoms with van der Waals surface area (Å²) >= 11 is 3.32. The van der Waals surface area contributed by atoms with Crippen LogP contribution in [0.5, 0.6) is 0 Å². The van der Waals surface area contributed by atoms with Crippen LogP contribution in [0.25, 0.3) is 0 Å². The van der Waals surface area contributed by atoms with Gasteiger partial charge >= 0.3 is 5.97 Å². The molecule has 2 amide bonds. The van der Waals surface area contributed by atoms with Gasteiger partial charge in [-0.3, -0.25) is 15.0 Å². The van der Waals surface area contributed by atoms with E-state index in [9.17, 15) is 14.4 Å². The Kier molecular flexibility index (Phi) is 3.69. The fraction of sp³-hybridized carbons (Fsp3) is 0.286. The number of para-hydroxylation sites is 1. The molecule has 1 fully saturated rings. The summed E-state index contributed by atoms with van der Waals surface area (Å²) in [7, 11) is 0. The van der Waals surface area contributed by atoms with Crippen LogP contribution < -0.4 is 10.3 Å². The third kappa shape index (κ3) is 2.10. The zero-order valence-corrected chi connectivity index (χ0v) is 13.2. The van der Waals surface area contributed by atoms with Crippen molar-refractivity contribution in [2.45, 2.75) is 13.0 Å². The molecule has 0 aliphatic carbocycles. The maximum Gasteiger partial charge on any atom is 0.355 e. The van der Waals surface area contributed by atoms with E-state index in [1.165, 1.54) is 0 Å². The van der Waals surface area contributed by atoms with E-state index in [0.29, 0.717) is 10.2 Å². The summed E-state index contributed by atoms with van der Waals surface area (Å²) in [4.78, 5) is 38.0. The second kappa shape index (κ2) is 5.53. The molecular formula is C14H12BrN3O4. The summed E-state index contributed by atoms with van der Waals surface area (Å²) in [6, 6.07) is 6.03. The molecule has 0 saturated carbocycles. The highest BCUT2D eigenvalue weighted by Gasteiger charge is 2.56. The molecule has 2 heterocycles. The van der Waals surface area contributed by atoms with Crippen molar-refractivity contribution in [1.29, 1.82) is 0 Å². The molecule has 0 unspecified atom stereocenters. The molecule has 0 spiro atoms. The molecule has 1 aromatic rings. The number of nitrogens with one attached hydrogen (secondary N) is 1. The SMILES string of the molecule is CCOC(=O)C1=NN[C@@H]2C(=O)N(c3ccccc3Br)C(=O)[C@H]12. The van der Waals surface area contributed by atoms with Gasteiger partial charge in [0.1, 0.15) is 12.0 Å². The number of esters is 1. The number of fused-ring (bicyclic) bond motifs is 1. The van der Waals surface area contributed by atoms with E-state index >= 15 is 0 Å². The lowest BCUT2D eigenvalue weighted by molar-refractivity contribution is -0.136. The van der Waals surface area contributed by atoms with Crippen LogP contribution in [0.2, 0.25) is 0 Å². The average molecular weight is 366 g/mol. The van der Waals surface area contributed by atoms with Gasteiger partial charge < -0.3 is 4.74 Å². The van der Waals surface area contributed by atoms with Crippen LogP contribution in [0.15, 0.2) is 33.8 Å². The average Bonchev–Trinajstić information content (AvgIpc) is 3.02. The zero-order chi connectivity index (χ0) is 15.9. The number of nitrogens with zero attached hydrogens (tertiary/aromatic N) is 2. The van der Waals surface area contributed by atoms with Crippen LogP contribution in [0.1, 0.15) is 6.92 Å². The fourth-order valence-corrected chi connectivity index (χ4v) is 3.00. The van der Waals surface area contributed by atoms with Crippen molar-refractivity contribution in [3.05, 3.63) is 28.7 Å². The predicted octanol–water partition coefficient (Wildman–Crippen LogP) is 0.829. The third-order valence-corrected chi connectivity index (χ3v) is 4.17. The number of imide groups is 1.